The van der Waals surface area contributed by atoms with Gasteiger partial charge in [-0.25, -0.2) is 9.59 Å². The fraction of sp³-hybridized carbons (Fsp3) is 0.778. The lowest BCUT2D eigenvalue weighted by Gasteiger charge is -2.15. The van der Waals surface area contributed by atoms with Gasteiger partial charge in [-0.1, -0.05) is 0 Å². The molecule has 0 aliphatic carbocycles. The van der Waals surface area contributed by atoms with E-state index in [9.17, 15) is 9.59 Å². The number of carboxylic acid groups (broad SMARTS) is 1. The van der Waals surface area contributed by atoms with Crippen LogP contribution >= 0.6 is 0 Å². The van der Waals surface area contributed by atoms with Crippen LogP contribution in [0.5, 0.6) is 0 Å². The van der Waals surface area contributed by atoms with E-state index in [4.69, 9.17) is 19.7 Å². The van der Waals surface area contributed by atoms with Gasteiger partial charge in [-0.2, -0.15) is 0 Å². The molecular weight excluding hydrogens is 232 g/mol. The van der Waals surface area contributed by atoms with E-state index < -0.39 is 18.1 Å². The Hall–Kier alpha value is -1.38. The number of hydrogen-bond acceptors (Lipinski definition) is 5. The first-order chi connectivity index (χ1) is 8.01. The lowest BCUT2D eigenvalue weighted by molar-refractivity contribution is -0.146. The highest BCUT2D eigenvalue weighted by Gasteiger charge is 2.14. The Bertz CT molecular complexity index is 248. The van der Waals surface area contributed by atoms with Crippen LogP contribution in [0.2, 0.25) is 0 Å². The van der Waals surface area contributed by atoms with Gasteiger partial charge in [-0.05, 0) is 0 Å². The third-order valence-corrected chi connectivity index (χ3v) is 1.92. The summed E-state index contributed by atoms with van der Waals surface area (Å²) >= 11 is 0. The van der Waals surface area contributed by atoms with Gasteiger partial charge in [0.15, 0.2) is 6.10 Å². The first-order valence-electron chi connectivity index (χ1n) is 4.95. The summed E-state index contributed by atoms with van der Waals surface area (Å²) in [5.74, 6) is -1.39. The van der Waals surface area contributed by atoms with Crippen molar-refractivity contribution in [2.45, 2.75) is 12.2 Å². The summed E-state index contributed by atoms with van der Waals surface area (Å²) in [7, 11) is 2.99. The number of hydrogen-bond donors (Lipinski definition) is 4. The molecule has 4 N–H and O–H groups in total. The second-order valence-corrected chi connectivity index (χ2v) is 3.26. The Balaban J connectivity index is 3.75. The third-order valence-electron chi connectivity index (χ3n) is 1.92. The molecule has 8 nitrogen and oxygen atoms in total. The zero-order chi connectivity index (χ0) is 13.3. The van der Waals surface area contributed by atoms with Gasteiger partial charge in [0.2, 0.25) is 0 Å². The summed E-state index contributed by atoms with van der Waals surface area (Å²) in [4.78, 5) is 21.4. The molecular formula is C9H18N2O6. The van der Waals surface area contributed by atoms with Gasteiger partial charge in [-0.3, -0.25) is 0 Å². The van der Waals surface area contributed by atoms with Gasteiger partial charge in [0, 0.05) is 20.8 Å². The Morgan fingerprint density at radius 2 is 1.82 bits per heavy atom. The second-order valence-electron chi connectivity index (χ2n) is 3.26. The number of rotatable bonds is 8. The van der Waals surface area contributed by atoms with E-state index in [0.29, 0.717) is 6.61 Å². The fourth-order valence-electron chi connectivity index (χ4n) is 0.942. The molecule has 0 aliphatic rings. The monoisotopic (exact) mass is 250 g/mol. The summed E-state index contributed by atoms with van der Waals surface area (Å²) < 4.78 is 9.84. The molecule has 0 rings (SSSR count). The topological polar surface area (TPSA) is 117 Å². The smallest absolute Gasteiger partial charge is 0.334 e. The molecule has 17 heavy (non-hydrogen) atoms. The van der Waals surface area contributed by atoms with Crippen molar-refractivity contribution in [3.05, 3.63) is 0 Å². The van der Waals surface area contributed by atoms with Gasteiger partial charge < -0.3 is 30.3 Å². The molecule has 2 amide bonds. The number of aliphatic hydroxyl groups is 1. The number of urea groups is 1. The number of carboxylic acids is 1. The van der Waals surface area contributed by atoms with Gasteiger partial charge in [-0.15, -0.1) is 0 Å². The molecule has 2 atom stereocenters. The molecule has 0 aromatic carbocycles. The lowest BCUT2D eigenvalue weighted by Crippen LogP contribution is -2.45. The van der Waals surface area contributed by atoms with Crippen LogP contribution in [-0.2, 0) is 14.3 Å². The van der Waals surface area contributed by atoms with Gasteiger partial charge in [0.25, 0.3) is 0 Å². The minimum absolute atomic E-state index is 0.222. The summed E-state index contributed by atoms with van der Waals surface area (Å²) in [5.41, 5.74) is 0. The molecule has 8 heteroatoms. The maximum atomic E-state index is 11.2. The summed E-state index contributed by atoms with van der Waals surface area (Å²) in [6.07, 6.45) is -1.90. The predicted molar refractivity (Wildman–Crippen MR) is 57.7 cm³/mol. The Morgan fingerprint density at radius 3 is 2.29 bits per heavy atom. The van der Waals surface area contributed by atoms with Gasteiger partial charge in [0.1, 0.15) is 0 Å². The number of ether oxygens (including phenoxy) is 2. The highest BCUT2D eigenvalue weighted by Crippen LogP contribution is 1.88. The molecule has 0 saturated carbocycles. The molecule has 0 saturated heterocycles. The summed E-state index contributed by atoms with van der Waals surface area (Å²) in [5, 5.41) is 21.9. The normalized spacial score (nSPS) is 13.8. The average Bonchev–Trinajstić information content (AvgIpc) is 2.31. The maximum absolute atomic E-state index is 11.2. The number of aliphatic hydroxyl groups excluding tert-OH is 1. The van der Waals surface area contributed by atoms with Crippen molar-refractivity contribution < 1.29 is 29.3 Å². The van der Waals surface area contributed by atoms with Crippen molar-refractivity contribution in [2.75, 3.05) is 33.9 Å². The van der Waals surface area contributed by atoms with E-state index in [2.05, 4.69) is 10.6 Å². The van der Waals surface area contributed by atoms with Gasteiger partial charge >= 0.3 is 12.0 Å². The van der Waals surface area contributed by atoms with E-state index in [1.807, 2.05) is 0 Å². The largest absolute Gasteiger partial charge is 0.479 e. The quantitative estimate of drug-likeness (QED) is 0.412. The van der Waals surface area contributed by atoms with Crippen molar-refractivity contribution in [2.24, 2.45) is 0 Å². The minimum Gasteiger partial charge on any atom is -0.479 e. The maximum Gasteiger partial charge on any atom is 0.334 e. The summed E-state index contributed by atoms with van der Waals surface area (Å²) in [6, 6.07) is -0.580. The van der Waals surface area contributed by atoms with Crippen molar-refractivity contribution in [1.29, 1.82) is 0 Å². The Labute approximate surface area is 98.9 Å². The van der Waals surface area contributed by atoms with E-state index in [0.717, 1.165) is 0 Å². The van der Waals surface area contributed by atoms with Crippen LogP contribution < -0.4 is 10.6 Å². The van der Waals surface area contributed by atoms with Crippen LogP contribution in [0.4, 0.5) is 4.79 Å². The van der Waals surface area contributed by atoms with Crippen LogP contribution in [0, 0.1) is 0 Å². The van der Waals surface area contributed by atoms with Crippen molar-refractivity contribution >= 4 is 12.0 Å². The minimum atomic E-state index is -1.61. The third kappa shape index (κ3) is 7.50. The fourth-order valence-corrected chi connectivity index (χ4v) is 0.942. The number of aliphatic carboxylic acids is 1. The first kappa shape index (κ1) is 15.6. The van der Waals surface area contributed by atoms with E-state index in [-0.39, 0.29) is 19.2 Å². The molecule has 0 aromatic rings. The molecule has 0 fully saturated rings. The van der Waals surface area contributed by atoms with Crippen LogP contribution in [0.3, 0.4) is 0 Å². The van der Waals surface area contributed by atoms with Crippen LogP contribution in [0.1, 0.15) is 0 Å². The zero-order valence-electron chi connectivity index (χ0n) is 9.80. The van der Waals surface area contributed by atoms with Crippen LogP contribution in [-0.4, -0.2) is 68.3 Å². The Kier molecular flexibility index (Phi) is 8.03. The molecule has 0 aliphatic heterocycles. The van der Waals surface area contributed by atoms with E-state index in [1.54, 1.807) is 0 Å². The van der Waals surface area contributed by atoms with E-state index in [1.165, 1.54) is 14.2 Å². The number of methoxy groups -OCH3 is 2. The number of amides is 2. The van der Waals surface area contributed by atoms with Crippen molar-refractivity contribution in [1.82, 2.24) is 10.6 Å². The lowest BCUT2D eigenvalue weighted by atomic mass is 10.3. The van der Waals surface area contributed by atoms with Crippen LogP contribution in [0.15, 0.2) is 0 Å². The first-order valence-corrected chi connectivity index (χ1v) is 4.95. The predicted octanol–water partition coefficient (Wildman–Crippen LogP) is -1.61. The molecule has 100 valence electrons. The standard InChI is InChI=1S/C9H18N2O6/c1-16-5-6(17-2)3-10-9(15)11-4-7(12)8(13)14/h6-7,12H,3-5H2,1-2H3,(H,13,14)(H2,10,11,15). The molecule has 0 bridgehead atoms. The van der Waals surface area contributed by atoms with Crippen molar-refractivity contribution in [3.8, 4) is 0 Å². The Morgan fingerprint density at radius 1 is 1.24 bits per heavy atom. The SMILES string of the molecule is COCC(CNC(=O)NCC(O)C(=O)O)OC. The second kappa shape index (κ2) is 8.74. The zero-order valence-corrected chi connectivity index (χ0v) is 9.80. The average molecular weight is 250 g/mol. The molecule has 0 spiro atoms. The number of carbonyl (C=O) groups excluding carboxylic acids is 1. The highest BCUT2D eigenvalue weighted by atomic mass is 16.5. The van der Waals surface area contributed by atoms with Crippen LogP contribution in [0.25, 0.3) is 0 Å². The molecule has 0 aromatic heterocycles. The molecule has 2 unspecified atom stereocenters. The highest BCUT2D eigenvalue weighted by molar-refractivity contribution is 5.76. The number of nitrogens with one attached hydrogen (secondary N) is 2. The molecule has 0 heterocycles. The van der Waals surface area contributed by atoms with E-state index >= 15 is 0 Å². The number of carbonyl (C=O) groups is 2. The van der Waals surface area contributed by atoms with Crippen molar-refractivity contribution in [3.63, 3.8) is 0 Å². The van der Waals surface area contributed by atoms with Gasteiger partial charge in [0.05, 0.1) is 19.3 Å². The summed E-state index contributed by atoms with van der Waals surface area (Å²) in [6.45, 7) is 0.191. The molecule has 0 radical (unpaired) electrons.